The molecule has 7 nitrogen and oxygen atoms in total. The van der Waals surface area contributed by atoms with Crippen molar-refractivity contribution in [3.63, 3.8) is 0 Å². The number of benzene rings is 1. The van der Waals surface area contributed by atoms with Crippen molar-refractivity contribution in [2.24, 2.45) is 0 Å². The van der Waals surface area contributed by atoms with Crippen LogP contribution in [0.2, 0.25) is 0 Å². The van der Waals surface area contributed by atoms with Gasteiger partial charge in [0.05, 0.1) is 0 Å². The highest BCUT2D eigenvalue weighted by molar-refractivity contribution is 5.92. The monoisotopic (exact) mass is 357 g/mol. The van der Waals surface area contributed by atoms with Crippen molar-refractivity contribution in [1.29, 1.82) is 0 Å². The molecule has 1 aliphatic rings. The van der Waals surface area contributed by atoms with E-state index in [0.717, 1.165) is 5.56 Å². The SMILES string of the molecule is Cc1ccc(OCC(=O)NC2CCN(C(=O)c3cc(C)on3)CC2)cc1. The number of nitrogens with one attached hydrogen (secondary N) is 1. The molecular formula is C19H23N3O4. The second-order valence-corrected chi connectivity index (χ2v) is 6.56. The number of carbonyl (C=O) groups excluding carboxylic acids is 2. The number of nitrogens with zero attached hydrogens (tertiary/aromatic N) is 2. The van der Waals surface area contributed by atoms with Gasteiger partial charge < -0.3 is 19.5 Å². The lowest BCUT2D eigenvalue weighted by molar-refractivity contribution is -0.124. The predicted molar refractivity (Wildman–Crippen MR) is 95.0 cm³/mol. The van der Waals surface area contributed by atoms with Crippen LogP contribution in [0.4, 0.5) is 0 Å². The first-order chi connectivity index (χ1) is 12.5. The van der Waals surface area contributed by atoms with Crippen molar-refractivity contribution in [2.45, 2.75) is 32.7 Å². The lowest BCUT2D eigenvalue weighted by atomic mass is 10.0. The zero-order chi connectivity index (χ0) is 18.5. The van der Waals surface area contributed by atoms with E-state index in [1.165, 1.54) is 0 Å². The number of amides is 2. The highest BCUT2D eigenvalue weighted by atomic mass is 16.5. The molecule has 2 amide bonds. The molecule has 1 saturated heterocycles. The zero-order valence-electron chi connectivity index (χ0n) is 15.0. The molecule has 138 valence electrons. The molecule has 0 aliphatic carbocycles. The van der Waals surface area contributed by atoms with E-state index in [-0.39, 0.29) is 24.5 Å². The van der Waals surface area contributed by atoms with Crippen LogP contribution in [0.1, 0.15) is 34.7 Å². The molecule has 0 bridgehead atoms. The summed E-state index contributed by atoms with van der Waals surface area (Å²) in [6.07, 6.45) is 1.41. The van der Waals surface area contributed by atoms with Gasteiger partial charge in [0.25, 0.3) is 11.8 Å². The molecule has 0 spiro atoms. The fourth-order valence-electron chi connectivity index (χ4n) is 2.91. The Morgan fingerprint density at radius 3 is 2.54 bits per heavy atom. The number of aryl methyl sites for hydroxylation is 2. The van der Waals surface area contributed by atoms with E-state index in [9.17, 15) is 9.59 Å². The van der Waals surface area contributed by atoms with Gasteiger partial charge >= 0.3 is 0 Å². The van der Waals surface area contributed by atoms with Crippen molar-refractivity contribution in [2.75, 3.05) is 19.7 Å². The summed E-state index contributed by atoms with van der Waals surface area (Å²) < 4.78 is 10.4. The standard InChI is InChI=1S/C19H23N3O4/c1-13-3-5-16(6-4-13)25-12-18(23)20-15-7-9-22(10-8-15)19(24)17-11-14(2)26-21-17/h3-6,11,15H,7-10,12H2,1-2H3,(H,20,23). The molecule has 0 saturated carbocycles. The number of likely N-dealkylation sites (tertiary alicyclic amines) is 1. The first-order valence-electron chi connectivity index (χ1n) is 8.72. The summed E-state index contributed by atoms with van der Waals surface area (Å²) in [7, 11) is 0. The van der Waals surface area contributed by atoms with Gasteiger partial charge in [-0.25, -0.2) is 0 Å². The number of carbonyl (C=O) groups is 2. The maximum Gasteiger partial charge on any atom is 0.276 e. The lowest BCUT2D eigenvalue weighted by Gasteiger charge is -2.31. The maximum atomic E-state index is 12.3. The summed E-state index contributed by atoms with van der Waals surface area (Å²) in [4.78, 5) is 26.1. The molecule has 0 atom stereocenters. The van der Waals surface area contributed by atoms with Gasteiger partial charge in [0, 0.05) is 25.2 Å². The highest BCUT2D eigenvalue weighted by Crippen LogP contribution is 2.15. The third-order valence-electron chi connectivity index (χ3n) is 4.39. The summed E-state index contributed by atoms with van der Waals surface area (Å²) in [5.74, 6) is 1.01. The predicted octanol–water partition coefficient (Wildman–Crippen LogP) is 2.09. The van der Waals surface area contributed by atoms with Gasteiger partial charge in [0.15, 0.2) is 12.3 Å². The summed E-state index contributed by atoms with van der Waals surface area (Å²) in [5.41, 5.74) is 1.47. The smallest absolute Gasteiger partial charge is 0.276 e. The Labute approximate surface area is 152 Å². The van der Waals surface area contributed by atoms with Crippen LogP contribution in [0.25, 0.3) is 0 Å². The van der Waals surface area contributed by atoms with E-state index >= 15 is 0 Å². The minimum absolute atomic E-state index is 0.0135. The Bertz CT molecular complexity index is 761. The van der Waals surface area contributed by atoms with Crippen LogP contribution >= 0.6 is 0 Å². The Morgan fingerprint density at radius 2 is 1.92 bits per heavy atom. The van der Waals surface area contributed by atoms with Crippen LogP contribution in [-0.4, -0.2) is 47.6 Å². The van der Waals surface area contributed by atoms with Crippen LogP contribution in [0.3, 0.4) is 0 Å². The second-order valence-electron chi connectivity index (χ2n) is 6.56. The van der Waals surface area contributed by atoms with Crippen molar-refractivity contribution in [3.8, 4) is 5.75 Å². The zero-order valence-corrected chi connectivity index (χ0v) is 15.0. The minimum atomic E-state index is -0.150. The van der Waals surface area contributed by atoms with E-state index in [1.54, 1.807) is 17.9 Å². The van der Waals surface area contributed by atoms with Gasteiger partial charge in [0.2, 0.25) is 0 Å². The van der Waals surface area contributed by atoms with Crippen LogP contribution in [0.5, 0.6) is 5.75 Å². The lowest BCUT2D eigenvalue weighted by Crippen LogP contribution is -2.47. The largest absolute Gasteiger partial charge is 0.484 e. The molecule has 0 radical (unpaired) electrons. The molecule has 26 heavy (non-hydrogen) atoms. The Kier molecular flexibility index (Phi) is 5.55. The van der Waals surface area contributed by atoms with E-state index in [1.807, 2.05) is 31.2 Å². The summed E-state index contributed by atoms with van der Waals surface area (Å²) in [6, 6.07) is 9.26. The average molecular weight is 357 g/mol. The molecule has 0 unspecified atom stereocenters. The third-order valence-corrected chi connectivity index (χ3v) is 4.39. The second kappa shape index (κ2) is 8.03. The number of hydrogen-bond acceptors (Lipinski definition) is 5. The molecule has 1 aliphatic heterocycles. The van der Waals surface area contributed by atoms with Gasteiger partial charge in [-0.2, -0.15) is 0 Å². The fourth-order valence-corrected chi connectivity index (χ4v) is 2.91. The van der Waals surface area contributed by atoms with E-state index < -0.39 is 0 Å². The van der Waals surface area contributed by atoms with Gasteiger partial charge in [-0.05, 0) is 38.8 Å². The molecule has 2 heterocycles. The molecule has 3 rings (SSSR count). The van der Waals surface area contributed by atoms with Gasteiger partial charge in [-0.15, -0.1) is 0 Å². The maximum absolute atomic E-state index is 12.3. The van der Waals surface area contributed by atoms with Crippen molar-refractivity contribution in [3.05, 3.63) is 47.3 Å². The molecule has 7 heteroatoms. The highest BCUT2D eigenvalue weighted by Gasteiger charge is 2.26. The number of ether oxygens (including phenoxy) is 1. The van der Waals surface area contributed by atoms with Crippen LogP contribution in [-0.2, 0) is 4.79 Å². The molecule has 2 aromatic rings. The Hall–Kier alpha value is -2.83. The number of hydrogen-bond donors (Lipinski definition) is 1. The van der Waals surface area contributed by atoms with Gasteiger partial charge in [-0.3, -0.25) is 9.59 Å². The molecule has 1 N–H and O–H groups in total. The average Bonchev–Trinajstić information content (AvgIpc) is 3.08. The first kappa shape index (κ1) is 18.0. The van der Waals surface area contributed by atoms with E-state index in [4.69, 9.17) is 9.26 Å². The van der Waals surface area contributed by atoms with Crippen LogP contribution < -0.4 is 10.1 Å². The van der Waals surface area contributed by atoms with Crippen LogP contribution in [0.15, 0.2) is 34.9 Å². The normalized spacial score (nSPS) is 14.9. The molecule has 1 aromatic heterocycles. The topological polar surface area (TPSA) is 84.7 Å². The number of aromatic nitrogens is 1. The van der Waals surface area contributed by atoms with Crippen molar-refractivity contribution in [1.82, 2.24) is 15.4 Å². The third kappa shape index (κ3) is 4.62. The van der Waals surface area contributed by atoms with E-state index in [2.05, 4.69) is 10.5 Å². The Balaban J connectivity index is 1.41. The number of piperidine rings is 1. The summed E-state index contributed by atoms with van der Waals surface area (Å²) >= 11 is 0. The fraction of sp³-hybridized carbons (Fsp3) is 0.421. The summed E-state index contributed by atoms with van der Waals surface area (Å²) in [5, 5.41) is 6.73. The van der Waals surface area contributed by atoms with E-state index in [0.29, 0.717) is 43.1 Å². The number of rotatable bonds is 5. The van der Waals surface area contributed by atoms with Crippen molar-refractivity contribution < 1.29 is 18.8 Å². The molecular weight excluding hydrogens is 334 g/mol. The van der Waals surface area contributed by atoms with Gasteiger partial charge in [0.1, 0.15) is 11.5 Å². The van der Waals surface area contributed by atoms with Gasteiger partial charge in [-0.1, -0.05) is 22.9 Å². The Morgan fingerprint density at radius 1 is 1.23 bits per heavy atom. The molecule has 1 fully saturated rings. The minimum Gasteiger partial charge on any atom is -0.484 e. The molecule has 1 aromatic carbocycles. The quantitative estimate of drug-likeness (QED) is 0.886. The van der Waals surface area contributed by atoms with Crippen molar-refractivity contribution >= 4 is 11.8 Å². The summed E-state index contributed by atoms with van der Waals surface area (Å²) in [6.45, 7) is 4.89. The first-order valence-corrected chi connectivity index (χ1v) is 8.72. The van der Waals surface area contributed by atoms with Crippen LogP contribution in [0, 0.1) is 13.8 Å².